The average Bonchev–Trinajstić information content (AvgIpc) is 2.14. The van der Waals surface area contributed by atoms with E-state index in [0.717, 1.165) is 6.07 Å². The minimum absolute atomic E-state index is 0.167. The van der Waals surface area contributed by atoms with Gasteiger partial charge in [-0.25, -0.2) is 8.78 Å². The normalized spacial score (nSPS) is 12.6. The Bertz CT molecular complexity index is 401. The molecule has 0 heterocycles. The van der Waals surface area contributed by atoms with E-state index in [1.165, 1.54) is 13.8 Å². The number of benzene rings is 1. The molecule has 0 bridgehead atoms. The molecule has 1 unspecified atom stereocenters. The molecule has 16 heavy (non-hydrogen) atoms. The van der Waals surface area contributed by atoms with Crippen molar-refractivity contribution in [2.45, 2.75) is 33.1 Å². The van der Waals surface area contributed by atoms with Crippen LogP contribution in [0.2, 0.25) is 0 Å². The van der Waals surface area contributed by atoms with Crippen molar-refractivity contribution in [3.63, 3.8) is 0 Å². The highest BCUT2D eigenvalue weighted by Crippen LogP contribution is 2.29. The number of carbonyl (C=O) groups is 1. The summed E-state index contributed by atoms with van der Waals surface area (Å²) in [4.78, 5) is 10.6. The van der Waals surface area contributed by atoms with E-state index in [1.807, 2.05) is 0 Å². The second-order valence-electron chi connectivity index (χ2n) is 4.03. The molecule has 0 saturated carbocycles. The Hall–Kier alpha value is -1.45. The van der Waals surface area contributed by atoms with Crippen LogP contribution in [0.15, 0.2) is 6.07 Å². The summed E-state index contributed by atoms with van der Waals surface area (Å²) >= 11 is 0. The van der Waals surface area contributed by atoms with Gasteiger partial charge in [-0.05, 0) is 42.5 Å². The lowest BCUT2D eigenvalue weighted by molar-refractivity contribution is -0.137. The van der Waals surface area contributed by atoms with Crippen molar-refractivity contribution in [3.05, 3.63) is 34.4 Å². The van der Waals surface area contributed by atoms with Crippen LogP contribution in [-0.4, -0.2) is 11.1 Å². The Morgan fingerprint density at radius 1 is 1.44 bits per heavy atom. The van der Waals surface area contributed by atoms with Gasteiger partial charge in [0.15, 0.2) is 0 Å². The second kappa shape index (κ2) is 4.60. The molecule has 0 radical (unpaired) electrons. The van der Waals surface area contributed by atoms with E-state index in [9.17, 15) is 13.6 Å². The molecule has 88 valence electrons. The minimum atomic E-state index is -1.02. The van der Waals surface area contributed by atoms with Gasteiger partial charge in [-0.1, -0.05) is 6.92 Å². The maximum absolute atomic E-state index is 13.8. The maximum Gasteiger partial charge on any atom is 0.303 e. The number of hydrogen-bond acceptors (Lipinski definition) is 1. The van der Waals surface area contributed by atoms with Crippen molar-refractivity contribution in [3.8, 4) is 0 Å². The molecule has 1 rings (SSSR count). The minimum Gasteiger partial charge on any atom is -0.481 e. The number of hydrogen-bond donors (Lipinski definition) is 1. The summed E-state index contributed by atoms with van der Waals surface area (Å²) < 4.78 is 27.2. The molecule has 0 spiro atoms. The van der Waals surface area contributed by atoms with E-state index < -0.39 is 23.5 Å². The molecule has 1 aromatic rings. The third-order valence-corrected chi connectivity index (χ3v) is 2.66. The number of carboxylic acids is 1. The van der Waals surface area contributed by atoms with Crippen LogP contribution in [0.5, 0.6) is 0 Å². The van der Waals surface area contributed by atoms with Crippen molar-refractivity contribution in [2.24, 2.45) is 0 Å². The van der Waals surface area contributed by atoms with E-state index >= 15 is 0 Å². The molecular formula is C12H14F2O2. The van der Waals surface area contributed by atoms with Crippen molar-refractivity contribution < 1.29 is 18.7 Å². The Balaban J connectivity index is 3.26. The quantitative estimate of drug-likeness (QED) is 0.862. The molecule has 0 aromatic heterocycles. The highest BCUT2D eigenvalue weighted by atomic mass is 19.1. The fraction of sp³-hybridized carbons (Fsp3) is 0.417. The maximum atomic E-state index is 13.8. The van der Waals surface area contributed by atoms with Crippen LogP contribution in [0.4, 0.5) is 8.78 Å². The van der Waals surface area contributed by atoms with Gasteiger partial charge in [0.1, 0.15) is 11.6 Å². The topological polar surface area (TPSA) is 37.3 Å². The molecule has 1 aromatic carbocycles. The summed E-state index contributed by atoms with van der Waals surface area (Å²) in [6.45, 7) is 4.51. The monoisotopic (exact) mass is 228 g/mol. The van der Waals surface area contributed by atoms with Crippen LogP contribution in [0, 0.1) is 25.5 Å². The number of carboxylic acid groups (broad SMARTS) is 1. The number of rotatable bonds is 3. The molecule has 0 amide bonds. The first kappa shape index (κ1) is 12.6. The van der Waals surface area contributed by atoms with Gasteiger partial charge in [-0.3, -0.25) is 4.79 Å². The zero-order valence-electron chi connectivity index (χ0n) is 9.47. The molecule has 2 nitrogen and oxygen atoms in total. The fourth-order valence-corrected chi connectivity index (χ4v) is 1.82. The Labute approximate surface area is 92.9 Å². The third kappa shape index (κ3) is 2.38. The summed E-state index contributed by atoms with van der Waals surface area (Å²) in [6, 6.07) is 1.13. The fourth-order valence-electron chi connectivity index (χ4n) is 1.82. The molecule has 0 saturated heterocycles. The molecule has 0 aliphatic carbocycles. The highest BCUT2D eigenvalue weighted by molar-refractivity contribution is 5.68. The van der Waals surface area contributed by atoms with E-state index in [0.29, 0.717) is 0 Å². The summed E-state index contributed by atoms with van der Waals surface area (Å²) in [5.74, 6) is -2.56. The van der Waals surface area contributed by atoms with Gasteiger partial charge >= 0.3 is 5.97 Å². The summed E-state index contributed by atoms with van der Waals surface area (Å²) in [7, 11) is 0. The Morgan fingerprint density at radius 2 is 2.00 bits per heavy atom. The van der Waals surface area contributed by atoms with E-state index in [1.54, 1.807) is 6.92 Å². The first-order chi connectivity index (χ1) is 7.34. The molecular weight excluding hydrogens is 214 g/mol. The lowest BCUT2D eigenvalue weighted by atomic mass is 9.91. The summed E-state index contributed by atoms with van der Waals surface area (Å²) in [5.41, 5.74) is 0.562. The molecule has 4 heteroatoms. The zero-order chi connectivity index (χ0) is 12.5. The van der Waals surface area contributed by atoms with E-state index in [2.05, 4.69) is 0 Å². The first-order valence-electron chi connectivity index (χ1n) is 5.01. The van der Waals surface area contributed by atoms with Crippen LogP contribution < -0.4 is 0 Å². The van der Waals surface area contributed by atoms with Gasteiger partial charge < -0.3 is 5.11 Å². The lowest BCUT2D eigenvalue weighted by Gasteiger charge is -2.16. The molecule has 0 fully saturated rings. The van der Waals surface area contributed by atoms with Crippen molar-refractivity contribution in [1.29, 1.82) is 0 Å². The van der Waals surface area contributed by atoms with Crippen molar-refractivity contribution in [1.82, 2.24) is 0 Å². The molecule has 0 aliphatic rings. The average molecular weight is 228 g/mol. The van der Waals surface area contributed by atoms with Gasteiger partial charge in [0.2, 0.25) is 0 Å². The predicted octanol–water partition coefficient (Wildman–Crippen LogP) is 3.16. The number of aryl methyl sites for hydroxylation is 1. The van der Waals surface area contributed by atoms with E-state index in [-0.39, 0.29) is 23.1 Å². The third-order valence-electron chi connectivity index (χ3n) is 2.66. The van der Waals surface area contributed by atoms with Gasteiger partial charge in [-0.15, -0.1) is 0 Å². The number of halogens is 2. The van der Waals surface area contributed by atoms with Gasteiger partial charge in [0.25, 0.3) is 0 Å². The largest absolute Gasteiger partial charge is 0.481 e. The van der Waals surface area contributed by atoms with E-state index in [4.69, 9.17) is 5.11 Å². The van der Waals surface area contributed by atoms with Crippen LogP contribution >= 0.6 is 0 Å². The van der Waals surface area contributed by atoms with Crippen LogP contribution in [0.1, 0.15) is 36.0 Å². The second-order valence-corrected chi connectivity index (χ2v) is 4.03. The first-order valence-corrected chi connectivity index (χ1v) is 5.01. The molecule has 1 N–H and O–H groups in total. The van der Waals surface area contributed by atoms with Crippen LogP contribution in [-0.2, 0) is 4.79 Å². The van der Waals surface area contributed by atoms with Gasteiger partial charge in [-0.2, -0.15) is 0 Å². The number of aliphatic carboxylic acids is 1. The lowest BCUT2D eigenvalue weighted by Crippen LogP contribution is -2.09. The van der Waals surface area contributed by atoms with Crippen molar-refractivity contribution >= 4 is 5.97 Å². The predicted molar refractivity (Wildman–Crippen MR) is 56.5 cm³/mol. The van der Waals surface area contributed by atoms with Gasteiger partial charge in [0.05, 0.1) is 6.42 Å². The standard InChI is InChI=1S/C12H14F2O2/c1-6(5-10(15)16)11-8(3)9(13)4-7(2)12(11)14/h4,6H,5H2,1-3H3,(H,15,16). The Kier molecular flexibility index (Phi) is 3.62. The summed E-state index contributed by atoms with van der Waals surface area (Å²) in [5, 5.41) is 8.65. The highest BCUT2D eigenvalue weighted by Gasteiger charge is 2.20. The van der Waals surface area contributed by atoms with Crippen LogP contribution in [0.3, 0.4) is 0 Å². The zero-order valence-corrected chi connectivity index (χ0v) is 9.47. The summed E-state index contributed by atoms with van der Waals surface area (Å²) in [6.07, 6.45) is -0.208. The molecule has 1 atom stereocenters. The van der Waals surface area contributed by atoms with Crippen LogP contribution in [0.25, 0.3) is 0 Å². The SMILES string of the molecule is Cc1cc(F)c(C)c(C(C)CC(=O)O)c1F. The van der Waals surface area contributed by atoms with Crippen molar-refractivity contribution in [2.75, 3.05) is 0 Å². The smallest absolute Gasteiger partial charge is 0.303 e. The Morgan fingerprint density at radius 3 is 2.50 bits per heavy atom. The molecule has 0 aliphatic heterocycles. The van der Waals surface area contributed by atoms with Gasteiger partial charge in [0, 0.05) is 0 Å².